The molecule has 1 amide bonds. The van der Waals surface area contributed by atoms with Gasteiger partial charge < -0.3 is 20.9 Å². The largest absolute Gasteiger partial charge is 0.354 e. The first-order valence-electron chi connectivity index (χ1n) is 8.04. The van der Waals surface area contributed by atoms with Crippen molar-refractivity contribution in [2.45, 2.75) is 18.9 Å². The first-order valence-corrected chi connectivity index (χ1v) is 8.04. The first-order chi connectivity index (χ1) is 10.5. The maximum absolute atomic E-state index is 12.3. The Balaban J connectivity index is 1.71. The molecular formula is C17H28N4O. The maximum atomic E-state index is 12.3. The van der Waals surface area contributed by atoms with Crippen LogP contribution in [0.2, 0.25) is 0 Å². The van der Waals surface area contributed by atoms with Crippen LogP contribution in [0.5, 0.6) is 0 Å². The molecule has 1 aromatic rings. The van der Waals surface area contributed by atoms with E-state index in [4.69, 9.17) is 5.73 Å². The van der Waals surface area contributed by atoms with Crippen LogP contribution in [0.1, 0.15) is 18.9 Å². The van der Waals surface area contributed by atoms with Crippen molar-refractivity contribution in [1.29, 1.82) is 0 Å². The summed E-state index contributed by atoms with van der Waals surface area (Å²) >= 11 is 0. The molecule has 1 unspecified atom stereocenters. The van der Waals surface area contributed by atoms with Crippen LogP contribution in [0.3, 0.4) is 0 Å². The summed E-state index contributed by atoms with van der Waals surface area (Å²) in [6.07, 6.45) is 0.959. The Morgan fingerprint density at radius 2 is 1.86 bits per heavy atom. The lowest BCUT2D eigenvalue weighted by atomic mass is 9.92. The van der Waals surface area contributed by atoms with Gasteiger partial charge in [0.15, 0.2) is 0 Å². The Morgan fingerprint density at radius 3 is 2.50 bits per heavy atom. The fraction of sp³-hybridized carbons (Fsp3) is 0.588. The summed E-state index contributed by atoms with van der Waals surface area (Å²) in [7, 11) is 2.16. The van der Waals surface area contributed by atoms with Crippen molar-refractivity contribution in [1.82, 2.24) is 15.1 Å². The summed E-state index contributed by atoms with van der Waals surface area (Å²) in [4.78, 5) is 17.1. The quantitative estimate of drug-likeness (QED) is 0.756. The normalized spacial score (nSPS) is 19.6. The van der Waals surface area contributed by atoms with Crippen LogP contribution in [0.25, 0.3) is 0 Å². The molecule has 1 aliphatic heterocycles. The van der Waals surface area contributed by atoms with Crippen molar-refractivity contribution in [3.05, 3.63) is 35.9 Å². The topological polar surface area (TPSA) is 61.6 Å². The number of carbonyl (C=O) groups is 1. The molecule has 5 nitrogen and oxygen atoms in total. The molecule has 1 saturated heterocycles. The fourth-order valence-corrected chi connectivity index (χ4v) is 2.68. The van der Waals surface area contributed by atoms with Crippen molar-refractivity contribution in [2.75, 3.05) is 46.3 Å². The zero-order valence-corrected chi connectivity index (χ0v) is 13.7. The summed E-state index contributed by atoms with van der Waals surface area (Å²) in [5, 5.41) is 2.97. The highest BCUT2D eigenvalue weighted by molar-refractivity contribution is 5.86. The number of amides is 1. The average Bonchev–Trinajstić information content (AvgIpc) is 2.54. The lowest BCUT2D eigenvalue weighted by Crippen LogP contribution is -2.49. The van der Waals surface area contributed by atoms with E-state index in [1.54, 1.807) is 6.92 Å². The number of piperazine rings is 1. The van der Waals surface area contributed by atoms with E-state index < -0.39 is 5.54 Å². The summed E-state index contributed by atoms with van der Waals surface area (Å²) in [5.74, 6) is -0.114. The summed E-state index contributed by atoms with van der Waals surface area (Å²) in [6, 6.07) is 9.52. The minimum Gasteiger partial charge on any atom is -0.354 e. The Kier molecular flexibility index (Phi) is 5.94. The van der Waals surface area contributed by atoms with Crippen LogP contribution in [-0.4, -0.2) is 62.0 Å². The average molecular weight is 304 g/mol. The number of rotatable bonds is 6. The predicted molar refractivity (Wildman–Crippen MR) is 89.5 cm³/mol. The maximum Gasteiger partial charge on any atom is 0.244 e. The minimum absolute atomic E-state index is 0.114. The van der Waals surface area contributed by atoms with Gasteiger partial charge in [0.05, 0.1) is 0 Å². The van der Waals surface area contributed by atoms with Gasteiger partial charge in [0.1, 0.15) is 5.54 Å². The van der Waals surface area contributed by atoms with Crippen LogP contribution < -0.4 is 11.1 Å². The Morgan fingerprint density at radius 1 is 1.23 bits per heavy atom. The van der Waals surface area contributed by atoms with Crippen LogP contribution in [0.4, 0.5) is 0 Å². The molecule has 1 fully saturated rings. The molecular weight excluding hydrogens is 276 g/mol. The van der Waals surface area contributed by atoms with Gasteiger partial charge in [-0.2, -0.15) is 0 Å². The molecule has 0 aliphatic carbocycles. The second-order valence-electron chi connectivity index (χ2n) is 6.32. The summed E-state index contributed by atoms with van der Waals surface area (Å²) in [6.45, 7) is 7.94. The van der Waals surface area contributed by atoms with Crippen molar-refractivity contribution in [3.63, 3.8) is 0 Å². The smallest absolute Gasteiger partial charge is 0.244 e. The third-order valence-electron chi connectivity index (χ3n) is 4.38. The van der Waals surface area contributed by atoms with Crippen LogP contribution in [0.15, 0.2) is 30.3 Å². The Hall–Kier alpha value is -1.43. The van der Waals surface area contributed by atoms with Gasteiger partial charge in [-0.3, -0.25) is 4.79 Å². The molecule has 3 N–H and O–H groups in total. The molecule has 5 heteroatoms. The molecule has 0 spiro atoms. The molecule has 0 bridgehead atoms. The van der Waals surface area contributed by atoms with Crippen LogP contribution in [0, 0.1) is 0 Å². The van der Waals surface area contributed by atoms with E-state index in [0.717, 1.165) is 44.7 Å². The number of nitrogens with zero attached hydrogens (tertiary/aromatic N) is 2. The highest BCUT2D eigenvalue weighted by Gasteiger charge is 2.29. The van der Waals surface area contributed by atoms with E-state index in [9.17, 15) is 4.79 Å². The lowest BCUT2D eigenvalue weighted by Gasteiger charge is -2.32. The van der Waals surface area contributed by atoms with Crippen LogP contribution >= 0.6 is 0 Å². The van der Waals surface area contributed by atoms with Crippen molar-refractivity contribution >= 4 is 5.91 Å². The van der Waals surface area contributed by atoms with E-state index in [1.165, 1.54) is 0 Å². The molecule has 1 aliphatic rings. The Labute approximate surface area is 133 Å². The van der Waals surface area contributed by atoms with E-state index in [0.29, 0.717) is 6.54 Å². The zero-order valence-electron chi connectivity index (χ0n) is 13.7. The number of hydrogen-bond acceptors (Lipinski definition) is 4. The fourth-order valence-electron chi connectivity index (χ4n) is 2.68. The molecule has 1 heterocycles. The van der Waals surface area contributed by atoms with Gasteiger partial charge in [-0.15, -0.1) is 0 Å². The number of nitrogens with one attached hydrogen (secondary N) is 1. The molecule has 1 aromatic carbocycles. The predicted octanol–water partition coefficient (Wildman–Crippen LogP) is 0.614. The van der Waals surface area contributed by atoms with Crippen molar-refractivity contribution < 1.29 is 4.79 Å². The molecule has 2 rings (SSSR count). The number of benzene rings is 1. The number of nitrogens with two attached hydrogens (primary N) is 1. The number of likely N-dealkylation sites (N-methyl/N-ethyl adjacent to an activating group) is 1. The summed E-state index contributed by atoms with van der Waals surface area (Å²) in [5.41, 5.74) is 6.06. The third kappa shape index (κ3) is 4.53. The van der Waals surface area contributed by atoms with Gasteiger partial charge in [0.25, 0.3) is 0 Å². The first kappa shape index (κ1) is 16.9. The van der Waals surface area contributed by atoms with Gasteiger partial charge >= 0.3 is 0 Å². The minimum atomic E-state index is -0.977. The van der Waals surface area contributed by atoms with Crippen molar-refractivity contribution in [3.8, 4) is 0 Å². The van der Waals surface area contributed by atoms with Gasteiger partial charge in [-0.1, -0.05) is 30.3 Å². The second-order valence-corrected chi connectivity index (χ2v) is 6.32. The second kappa shape index (κ2) is 7.72. The molecule has 122 valence electrons. The van der Waals surface area contributed by atoms with E-state index in [-0.39, 0.29) is 5.91 Å². The van der Waals surface area contributed by atoms with Crippen molar-refractivity contribution in [2.24, 2.45) is 5.73 Å². The van der Waals surface area contributed by atoms with Gasteiger partial charge in [0.2, 0.25) is 5.91 Å². The van der Waals surface area contributed by atoms with E-state index >= 15 is 0 Å². The molecule has 22 heavy (non-hydrogen) atoms. The van der Waals surface area contributed by atoms with Gasteiger partial charge in [-0.05, 0) is 32.5 Å². The number of hydrogen-bond donors (Lipinski definition) is 2. The van der Waals surface area contributed by atoms with Gasteiger partial charge in [-0.25, -0.2) is 0 Å². The van der Waals surface area contributed by atoms with Gasteiger partial charge in [0, 0.05) is 32.7 Å². The number of carbonyl (C=O) groups excluding carboxylic acids is 1. The molecule has 1 atom stereocenters. The third-order valence-corrected chi connectivity index (χ3v) is 4.38. The lowest BCUT2D eigenvalue weighted by molar-refractivity contribution is -0.126. The van der Waals surface area contributed by atoms with E-state index in [2.05, 4.69) is 22.2 Å². The molecule has 0 saturated carbocycles. The SMILES string of the molecule is CN1CCN(CCCNC(=O)C(C)(N)c2ccccc2)CC1. The summed E-state index contributed by atoms with van der Waals surface area (Å²) < 4.78 is 0. The Bertz CT molecular complexity index is 467. The van der Waals surface area contributed by atoms with Crippen LogP contribution in [-0.2, 0) is 10.3 Å². The zero-order chi connectivity index (χ0) is 16.0. The monoisotopic (exact) mass is 304 g/mol. The molecule has 0 aromatic heterocycles. The van der Waals surface area contributed by atoms with E-state index in [1.807, 2.05) is 30.3 Å². The standard InChI is InChI=1S/C17H28N4O/c1-17(18,15-7-4-3-5-8-15)16(22)19-9-6-10-21-13-11-20(2)12-14-21/h3-5,7-8H,6,9-14,18H2,1-2H3,(H,19,22). The highest BCUT2D eigenvalue weighted by atomic mass is 16.2. The highest BCUT2D eigenvalue weighted by Crippen LogP contribution is 2.17. The molecule has 0 radical (unpaired) electrons.